The molecule has 3 rings (SSSR count). The molecule has 3 aromatic rings. The highest BCUT2D eigenvalue weighted by atomic mass is 16.4. The van der Waals surface area contributed by atoms with Crippen LogP contribution in [0.3, 0.4) is 0 Å². The molecule has 0 aliphatic heterocycles. The van der Waals surface area contributed by atoms with Crippen LogP contribution in [-0.2, 0) is 0 Å². The minimum atomic E-state index is -1.52. The fourth-order valence-electron chi connectivity index (χ4n) is 3.30. The molecular weight excluding hydrogens is 392 g/mol. The molecule has 0 saturated carbocycles. The summed E-state index contributed by atoms with van der Waals surface area (Å²) < 4.78 is 0. The van der Waals surface area contributed by atoms with Gasteiger partial charge in [0.05, 0.1) is 22.3 Å². The van der Waals surface area contributed by atoms with Crippen LogP contribution in [0.25, 0.3) is 22.3 Å². The van der Waals surface area contributed by atoms with Gasteiger partial charge in [0.2, 0.25) is 0 Å². The Bertz CT molecular complexity index is 1210. The lowest BCUT2D eigenvalue weighted by atomic mass is 9.85. The summed E-state index contributed by atoms with van der Waals surface area (Å²) in [4.78, 5) is 47.4. The zero-order valence-corrected chi connectivity index (χ0v) is 15.2. The predicted molar refractivity (Wildman–Crippen MR) is 105 cm³/mol. The molecule has 8 heteroatoms. The summed E-state index contributed by atoms with van der Waals surface area (Å²) in [6, 6.07) is 13.4. The van der Waals surface area contributed by atoms with Gasteiger partial charge in [-0.3, -0.25) is 0 Å². The Kier molecular flexibility index (Phi) is 5.33. The van der Waals surface area contributed by atoms with Crippen LogP contribution in [0.1, 0.15) is 41.4 Å². The Morgan fingerprint density at radius 1 is 0.467 bits per heavy atom. The zero-order chi connectivity index (χ0) is 22.0. The summed E-state index contributed by atoms with van der Waals surface area (Å²) in [7, 11) is 0. The molecule has 0 aromatic heterocycles. The van der Waals surface area contributed by atoms with Gasteiger partial charge in [-0.25, -0.2) is 19.2 Å². The third kappa shape index (κ3) is 3.49. The van der Waals surface area contributed by atoms with E-state index in [1.165, 1.54) is 54.6 Å². The number of benzene rings is 3. The molecule has 0 unspecified atom stereocenters. The predicted octanol–water partition coefficient (Wildman–Crippen LogP) is 3.81. The van der Waals surface area contributed by atoms with E-state index in [-0.39, 0.29) is 33.4 Å². The van der Waals surface area contributed by atoms with Gasteiger partial charge < -0.3 is 20.4 Å². The van der Waals surface area contributed by atoms with Crippen LogP contribution in [0.5, 0.6) is 0 Å². The molecule has 8 nitrogen and oxygen atoms in total. The second-order valence-electron chi connectivity index (χ2n) is 6.22. The van der Waals surface area contributed by atoms with E-state index in [2.05, 4.69) is 0 Å². The molecular formula is C22H14O8. The first-order valence-corrected chi connectivity index (χ1v) is 8.53. The van der Waals surface area contributed by atoms with Crippen LogP contribution < -0.4 is 0 Å². The van der Waals surface area contributed by atoms with E-state index >= 15 is 0 Å². The Labute approximate surface area is 169 Å². The highest BCUT2D eigenvalue weighted by Gasteiger charge is 2.28. The largest absolute Gasteiger partial charge is 0.478 e. The van der Waals surface area contributed by atoms with Crippen molar-refractivity contribution in [2.75, 3.05) is 0 Å². The van der Waals surface area contributed by atoms with Gasteiger partial charge in [0.1, 0.15) is 0 Å². The fourth-order valence-corrected chi connectivity index (χ4v) is 3.30. The Morgan fingerprint density at radius 2 is 0.933 bits per heavy atom. The maximum absolute atomic E-state index is 12.2. The van der Waals surface area contributed by atoms with Crippen molar-refractivity contribution >= 4 is 23.9 Å². The number of hydrogen-bond acceptors (Lipinski definition) is 4. The van der Waals surface area contributed by atoms with Gasteiger partial charge in [0.25, 0.3) is 0 Å². The summed E-state index contributed by atoms with van der Waals surface area (Å²) >= 11 is 0. The lowest BCUT2D eigenvalue weighted by molar-refractivity contribution is 0.0678. The van der Waals surface area contributed by atoms with Gasteiger partial charge in [0.15, 0.2) is 0 Å². The highest BCUT2D eigenvalue weighted by molar-refractivity contribution is 6.13. The maximum Gasteiger partial charge on any atom is 0.336 e. The van der Waals surface area contributed by atoms with Crippen molar-refractivity contribution in [2.45, 2.75) is 0 Å². The van der Waals surface area contributed by atoms with Crippen LogP contribution >= 0.6 is 0 Å². The van der Waals surface area contributed by atoms with Gasteiger partial charge in [0, 0.05) is 5.56 Å². The normalized spacial score (nSPS) is 10.4. The molecule has 0 fully saturated rings. The molecule has 0 amide bonds. The number of aromatic carboxylic acids is 4. The van der Waals surface area contributed by atoms with Gasteiger partial charge in [-0.2, -0.15) is 0 Å². The van der Waals surface area contributed by atoms with Gasteiger partial charge in [-0.1, -0.05) is 42.5 Å². The maximum atomic E-state index is 12.2. The average Bonchev–Trinajstić information content (AvgIpc) is 2.72. The first kappa shape index (κ1) is 20.3. The second kappa shape index (κ2) is 7.88. The lowest BCUT2D eigenvalue weighted by Gasteiger charge is -2.17. The summed E-state index contributed by atoms with van der Waals surface area (Å²) in [5, 5.41) is 38.6. The zero-order valence-electron chi connectivity index (χ0n) is 15.2. The molecule has 0 bridgehead atoms. The second-order valence-corrected chi connectivity index (χ2v) is 6.22. The van der Waals surface area contributed by atoms with Crippen molar-refractivity contribution in [3.8, 4) is 22.3 Å². The standard InChI is InChI=1S/C22H14O8/c23-19(24)14-7-3-1-5-11(14)13-9-10-16(21(27)28)17(18(13)22(29)30)12-6-2-4-8-15(12)20(25)26/h1-10H,(H,23,24)(H,25,26)(H,27,28)(H,29,30). The summed E-state index contributed by atoms with van der Waals surface area (Å²) in [6.45, 7) is 0. The number of rotatable bonds is 6. The molecule has 0 aliphatic carbocycles. The molecule has 0 spiro atoms. The van der Waals surface area contributed by atoms with E-state index in [1.807, 2.05) is 0 Å². The number of carbonyl (C=O) groups is 4. The Hall–Kier alpha value is -4.46. The van der Waals surface area contributed by atoms with Crippen LogP contribution in [0, 0.1) is 0 Å². The third-order valence-electron chi connectivity index (χ3n) is 4.52. The van der Waals surface area contributed by atoms with Gasteiger partial charge in [-0.15, -0.1) is 0 Å². The van der Waals surface area contributed by atoms with Gasteiger partial charge >= 0.3 is 23.9 Å². The molecule has 0 heterocycles. The number of carboxylic acids is 4. The van der Waals surface area contributed by atoms with E-state index in [0.717, 1.165) is 6.07 Å². The van der Waals surface area contributed by atoms with Crippen LogP contribution in [0.15, 0.2) is 60.7 Å². The number of hydrogen-bond donors (Lipinski definition) is 4. The molecule has 0 radical (unpaired) electrons. The monoisotopic (exact) mass is 406 g/mol. The van der Waals surface area contributed by atoms with Crippen molar-refractivity contribution in [3.05, 3.63) is 82.9 Å². The van der Waals surface area contributed by atoms with E-state index in [1.54, 1.807) is 0 Å². The fraction of sp³-hybridized carbons (Fsp3) is 0. The van der Waals surface area contributed by atoms with Crippen molar-refractivity contribution < 1.29 is 39.6 Å². The summed E-state index contributed by atoms with van der Waals surface area (Å²) in [5.41, 5.74) is -1.78. The summed E-state index contributed by atoms with van der Waals surface area (Å²) in [5.74, 6) is -5.64. The van der Waals surface area contributed by atoms with Crippen molar-refractivity contribution in [1.82, 2.24) is 0 Å². The average molecular weight is 406 g/mol. The Balaban J connectivity index is 2.51. The molecule has 150 valence electrons. The molecule has 30 heavy (non-hydrogen) atoms. The third-order valence-corrected chi connectivity index (χ3v) is 4.52. The Morgan fingerprint density at radius 3 is 1.43 bits per heavy atom. The van der Waals surface area contributed by atoms with E-state index in [0.29, 0.717) is 0 Å². The molecule has 3 aromatic carbocycles. The minimum absolute atomic E-state index is 0.0410. The van der Waals surface area contributed by atoms with Crippen molar-refractivity contribution in [1.29, 1.82) is 0 Å². The number of carboxylic acid groups (broad SMARTS) is 4. The quantitative estimate of drug-likeness (QED) is 0.483. The van der Waals surface area contributed by atoms with Gasteiger partial charge in [-0.05, 0) is 34.9 Å². The van der Waals surface area contributed by atoms with Crippen molar-refractivity contribution in [2.24, 2.45) is 0 Å². The van der Waals surface area contributed by atoms with Crippen molar-refractivity contribution in [3.63, 3.8) is 0 Å². The highest BCUT2D eigenvalue weighted by Crippen LogP contribution is 2.38. The first-order valence-electron chi connectivity index (χ1n) is 8.53. The molecule has 0 aliphatic rings. The van der Waals surface area contributed by atoms with E-state index in [4.69, 9.17) is 0 Å². The van der Waals surface area contributed by atoms with E-state index < -0.39 is 35.0 Å². The molecule has 0 saturated heterocycles. The first-order chi connectivity index (χ1) is 14.2. The van der Waals surface area contributed by atoms with Crippen LogP contribution in [0.4, 0.5) is 0 Å². The summed E-state index contributed by atoms with van der Waals surface area (Å²) in [6.07, 6.45) is 0. The SMILES string of the molecule is O=C(O)c1ccccc1-c1ccc(C(=O)O)c(-c2ccccc2C(=O)O)c1C(=O)O. The molecule has 0 atom stereocenters. The minimum Gasteiger partial charge on any atom is -0.478 e. The smallest absolute Gasteiger partial charge is 0.336 e. The van der Waals surface area contributed by atoms with Crippen LogP contribution in [-0.4, -0.2) is 44.3 Å². The topological polar surface area (TPSA) is 149 Å². The van der Waals surface area contributed by atoms with E-state index in [9.17, 15) is 39.6 Å². The van der Waals surface area contributed by atoms with Crippen LogP contribution in [0.2, 0.25) is 0 Å². The lowest BCUT2D eigenvalue weighted by Crippen LogP contribution is -2.12. The molecule has 4 N–H and O–H groups in total.